The molecule has 22 heavy (non-hydrogen) atoms. The van der Waals surface area contributed by atoms with Crippen molar-refractivity contribution in [3.63, 3.8) is 0 Å². The van der Waals surface area contributed by atoms with Crippen LogP contribution in [-0.4, -0.2) is 36.9 Å². The van der Waals surface area contributed by atoms with E-state index in [1.165, 1.54) is 12.1 Å². The minimum absolute atomic E-state index is 0.0424. The highest BCUT2D eigenvalue weighted by Gasteiger charge is 2.15. The number of amides is 1. The Balaban J connectivity index is 2.41. The second kappa shape index (κ2) is 7.93. The third-order valence-electron chi connectivity index (χ3n) is 2.92. The number of aromatic carboxylic acids is 1. The molecule has 0 bridgehead atoms. The van der Waals surface area contributed by atoms with Crippen LogP contribution in [0.15, 0.2) is 24.3 Å². The zero-order valence-electron chi connectivity index (χ0n) is 12.7. The molecule has 0 fully saturated rings. The number of nitrogens with one attached hydrogen (secondary N) is 1. The van der Waals surface area contributed by atoms with Crippen LogP contribution in [0.4, 0.5) is 0 Å². The third kappa shape index (κ3) is 6.71. The maximum Gasteiger partial charge on any atom is 0.335 e. The van der Waals surface area contributed by atoms with Crippen LogP contribution in [0.1, 0.15) is 36.2 Å². The van der Waals surface area contributed by atoms with Crippen molar-refractivity contribution in [2.75, 3.05) is 11.5 Å². The molecule has 0 aliphatic rings. The first-order chi connectivity index (χ1) is 10.2. The Bertz CT molecular complexity index is 620. The molecule has 1 amide bonds. The van der Waals surface area contributed by atoms with E-state index in [4.69, 9.17) is 5.11 Å². The molecule has 0 aromatic heterocycles. The van der Waals surface area contributed by atoms with E-state index in [2.05, 4.69) is 5.32 Å². The van der Waals surface area contributed by atoms with Gasteiger partial charge in [0.1, 0.15) is 0 Å². The average molecular weight is 327 g/mol. The van der Waals surface area contributed by atoms with E-state index >= 15 is 0 Å². The molecule has 0 spiro atoms. The number of rotatable bonds is 8. The van der Waals surface area contributed by atoms with Gasteiger partial charge in [-0.3, -0.25) is 4.79 Å². The number of carboxylic acids is 1. The fraction of sp³-hybridized carbons (Fsp3) is 0.467. The zero-order valence-corrected chi connectivity index (χ0v) is 13.5. The molecular formula is C15H21NO5S. The molecule has 7 heteroatoms. The van der Waals surface area contributed by atoms with Crippen molar-refractivity contribution < 1.29 is 23.1 Å². The lowest BCUT2D eigenvalue weighted by molar-refractivity contribution is -0.120. The number of hydrogen-bond donors (Lipinski definition) is 2. The van der Waals surface area contributed by atoms with Crippen molar-refractivity contribution in [3.05, 3.63) is 35.4 Å². The minimum Gasteiger partial charge on any atom is -0.478 e. The lowest BCUT2D eigenvalue weighted by Gasteiger charge is -2.08. The highest BCUT2D eigenvalue weighted by molar-refractivity contribution is 7.91. The Morgan fingerprint density at radius 3 is 2.27 bits per heavy atom. The van der Waals surface area contributed by atoms with Crippen molar-refractivity contribution in [2.24, 2.45) is 5.92 Å². The summed E-state index contributed by atoms with van der Waals surface area (Å²) in [6.45, 7) is 3.87. The number of carbonyl (C=O) groups is 2. The van der Waals surface area contributed by atoms with Crippen LogP contribution in [0.2, 0.25) is 0 Å². The topological polar surface area (TPSA) is 101 Å². The number of benzene rings is 1. The number of hydrogen-bond acceptors (Lipinski definition) is 4. The highest BCUT2D eigenvalue weighted by Crippen LogP contribution is 2.05. The average Bonchev–Trinajstić information content (AvgIpc) is 2.42. The van der Waals surface area contributed by atoms with Crippen molar-refractivity contribution in [2.45, 2.75) is 26.8 Å². The predicted octanol–water partition coefficient (Wildman–Crippen LogP) is 1.46. The Hall–Kier alpha value is -1.89. The molecule has 0 aliphatic heterocycles. The largest absolute Gasteiger partial charge is 0.478 e. The van der Waals surface area contributed by atoms with Gasteiger partial charge in [-0.05, 0) is 23.6 Å². The molecule has 1 rings (SSSR count). The monoisotopic (exact) mass is 327 g/mol. The molecular weight excluding hydrogens is 306 g/mol. The Labute approximate surface area is 130 Å². The summed E-state index contributed by atoms with van der Waals surface area (Å²) in [6.07, 6.45) is -0.0672. The number of carbonyl (C=O) groups excluding carboxylic acids is 1. The zero-order chi connectivity index (χ0) is 16.8. The Kier molecular flexibility index (Phi) is 6.55. The van der Waals surface area contributed by atoms with Gasteiger partial charge in [-0.25, -0.2) is 13.2 Å². The van der Waals surface area contributed by atoms with Crippen LogP contribution < -0.4 is 5.32 Å². The van der Waals surface area contributed by atoms with E-state index in [-0.39, 0.29) is 41.9 Å². The molecule has 0 unspecified atom stereocenters. The van der Waals surface area contributed by atoms with Crippen molar-refractivity contribution in [3.8, 4) is 0 Å². The SMILES string of the molecule is CC(C)CS(=O)(=O)CCC(=O)NCc1ccc(C(=O)O)cc1. The normalized spacial score (nSPS) is 11.4. The molecule has 1 aromatic rings. The molecule has 0 aliphatic carbocycles. The second-order valence-electron chi connectivity index (χ2n) is 5.54. The van der Waals surface area contributed by atoms with E-state index in [1.807, 2.05) is 13.8 Å². The van der Waals surface area contributed by atoms with Gasteiger partial charge in [0, 0.05) is 13.0 Å². The third-order valence-corrected chi connectivity index (χ3v) is 4.92. The van der Waals surface area contributed by atoms with E-state index in [0.717, 1.165) is 5.56 Å². The van der Waals surface area contributed by atoms with Crippen LogP contribution in [0.5, 0.6) is 0 Å². The van der Waals surface area contributed by atoms with Crippen molar-refractivity contribution in [1.29, 1.82) is 0 Å². The molecule has 0 heterocycles. The summed E-state index contributed by atoms with van der Waals surface area (Å²) >= 11 is 0. The molecule has 2 N–H and O–H groups in total. The van der Waals surface area contributed by atoms with Gasteiger partial charge < -0.3 is 10.4 Å². The lowest BCUT2D eigenvalue weighted by atomic mass is 10.1. The van der Waals surface area contributed by atoms with Crippen LogP contribution in [0.25, 0.3) is 0 Å². The van der Waals surface area contributed by atoms with E-state index < -0.39 is 15.8 Å². The lowest BCUT2D eigenvalue weighted by Crippen LogP contribution is -2.26. The van der Waals surface area contributed by atoms with E-state index in [0.29, 0.717) is 0 Å². The van der Waals surface area contributed by atoms with Crippen LogP contribution >= 0.6 is 0 Å². The first kappa shape index (κ1) is 18.2. The molecule has 0 saturated heterocycles. The Morgan fingerprint density at radius 2 is 1.77 bits per heavy atom. The van der Waals surface area contributed by atoms with Gasteiger partial charge in [-0.1, -0.05) is 26.0 Å². The van der Waals surface area contributed by atoms with E-state index in [9.17, 15) is 18.0 Å². The van der Waals surface area contributed by atoms with Crippen molar-refractivity contribution >= 4 is 21.7 Å². The molecule has 0 saturated carbocycles. The molecule has 6 nitrogen and oxygen atoms in total. The second-order valence-corrected chi connectivity index (χ2v) is 7.77. The fourth-order valence-electron chi connectivity index (χ4n) is 1.89. The van der Waals surface area contributed by atoms with Gasteiger partial charge in [0.05, 0.1) is 17.1 Å². The molecule has 1 aromatic carbocycles. The fourth-order valence-corrected chi connectivity index (χ4v) is 3.57. The summed E-state index contributed by atoms with van der Waals surface area (Å²) in [6, 6.07) is 6.13. The van der Waals surface area contributed by atoms with Gasteiger partial charge in [-0.2, -0.15) is 0 Å². The highest BCUT2D eigenvalue weighted by atomic mass is 32.2. The minimum atomic E-state index is -3.20. The number of sulfone groups is 1. The van der Waals surface area contributed by atoms with Crippen molar-refractivity contribution in [1.82, 2.24) is 5.32 Å². The molecule has 122 valence electrons. The number of carboxylic acid groups (broad SMARTS) is 1. The standard InChI is InChI=1S/C15H21NO5S/c1-11(2)10-22(20,21)8-7-14(17)16-9-12-3-5-13(6-4-12)15(18)19/h3-6,11H,7-10H2,1-2H3,(H,16,17)(H,18,19). The summed E-state index contributed by atoms with van der Waals surface area (Å²) in [4.78, 5) is 22.4. The van der Waals surface area contributed by atoms with Gasteiger partial charge in [0.2, 0.25) is 5.91 Å². The molecule has 0 atom stereocenters. The quantitative estimate of drug-likeness (QED) is 0.753. The van der Waals surface area contributed by atoms with Crippen LogP contribution in [0, 0.1) is 5.92 Å². The summed E-state index contributed by atoms with van der Waals surface area (Å²) < 4.78 is 23.4. The van der Waals surface area contributed by atoms with Gasteiger partial charge in [0.25, 0.3) is 0 Å². The Morgan fingerprint density at radius 1 is 1.18 bits per heavy atom. The summed E-state index contributed by atoms with van der Waals surface area (Å²) in [5.74, 6) is -1.38. The summed E-state index contributed by atoms with van der Waals surface area (Å²) in [7, 11) is -3.20. The summed E-state index contributed by atoms with van der Waals surface area (Å²) in [5.41, 5.74) is 0.929. The van der Waals surface area contributed by atoms with Crippen LogP contribution in [-0.2, 0) is 21.2 Å². The maximum atomic E-state index is 11.7. The summed E-state index contributed by atoms with van der Waals surface area (Å²) in [5, 5.41) is 11.4. The van der Waals surface area contributed by atoms with Gasteiger partial charge >= 0.3 is 5.97 Å². The van der Waals surface area contributed by atoms with Gasteiger partial charge in [-0.15, -0.1) is 0 Å². The predicted molar refractivity (Wildman–Crippen MR) is 83.4 cm³/mol. The first-order valence-corrected chi connectivity index (χ1v) is 8.81. The van der Waals surface area contributed by atoms with Crippen LogP contribution in [0.3, 0.4) is 0 Å². The maximum absolute atomic E-state index is 11.7. The first-order valence-electron chi connectivity index (χ1n) is 6.99. The smallest absolute Gasteiger partial charge is 0.335 e. The van der Waals surface area contributed by atoms with E-state index in [1.54, 1.807) is 12.1 Å². The van der Waals surface area contributed by atoms with Gasteiger partial charge in [0.15, 0.2) is 9.84 Å². The molecule has 0 radical (unpaired) electrons.